The third-order valence-electron chi connectivity index (χ3n) is 4.44. The Bertz CT molecular complexity index is 736. The van der Waals surface area contributed by atoms with Crippen molar-refractivity contribution in [1.82, 2.24) is 0 Å². The molecule has 0 aliphatic carbocycles. The molecular weight excluding hydrogens is 328 g/mol. The quantitative estimate of drug-likeness (QED) is 0.386. The van der Waals surface area contributed by atoms with Crippen molar-refractivity contribution in [3.05, 3.63) is 58.3 Å². The Balaban J connectivity index is 2.15. The Morgan fingerprint density at radius 1 is 0.833 bits per heavy atom. The van der Waals surface area contributed by atoms with Crippen molar-refractivity contribution in [2.45, 2.75) is 52.4 Å². The first kappa shape index (κ1) is 17.4. The molecule has 0 aliphatic rings. The fourth-order valence-corrected chi connectivity index (χ4v) is 5.43. The molecule has 1 aromatic carbocycles. The topological polar surface area (TPSA) is 0 Å². The summed E-state index contributed by atoms with van der Waals surface area (Å²) in [4.78, 5) is 4.51. The highest BCUT2D eigenvalue weighted by atomic mass is 32.1. The standard InChI is InChI=1S/C22H26S2/c1-3-5-13-18-19(14-6-4-2)24-22(20-15-10-16-23-20)21(18)17-11-8-7-9-12-17/h7-12,15-16H,3-6,13-14H2,1-2H3. The average Bonchev–Trinajstić information content (AvgIpc) is 3.26. The zero-order chi connectivity index (χ0) is 16.8. The number of hydrogen-bond donors (Lipinski definition) is 0. The SMILES string of the molecule is CCCCc1sc(-c2cccs2)c(-c2ccccc2)c1CCCC. The van der Waals surface area contributed by atoms with Crippen LogP contribution >= 0.6 is 22.7 Å². The van der Waals surface area contributed by atoms with Crippen molar-refractivity contribution >= 4 is 22.7 Å². The zero-order valence-corrected chi connectivity index (χ0v) is 16.3. The minimum absolute atomic E-state index is 1.21. The van der Waals surface area contributed by atoms with Crippen molar-refractivity contribution in [3.63, 3.8) is 0 Å². The second-order valence-corrected chi connectivity index (χ2v) is 8.31. The summed E-state index contributed by atoms with van der Waals surface area (Å²) in [5.41, 5.74) is 4.50. The second-order valence-electron chi connectivity index (χ2n) is 6.26. The van der Waals surface area contributed by atoms with E-state index in [2.05, 4.69) is 61.7 Å². The molecule has 0 bridgehead atoms. The number of benzene rings is 1. The molecule has 24 heavy (non-hydrogen) atoms. The maximum Gasteiger partial charge on any atom is 0.0526 e. The van der Waals surface area contributed by atoms with E-state index in [0.717, 1.165) is 0 Å². The van der Waals surface area contributed by atoms with Crippen molar-refractivity contribution in [2.24, 2.45) is 0 Å². The van der Waals surface area contributed by atoms with E-state index in [4.69, 9.17) is 0 Å². The van der Waals surface area contributed by atoms with Crippen LogP contribution in [0.5, 0.6) is 0 Å². The Labute approximate surface area is 154 Å². The van der Waals surface area contributed by atoms with Gasteiger partial charge in [-0.2, -0.15) is 0 Å². The van der Waals surface area contributed by atoms with Gasteiger partial charge in [0.1, 0.15) is 0 Å². The van der Waals surface area contributed by atoms with E-state index in [-0.39, 0.29) is 0 Å². The summed E-state index contributed by atoms with van der Waals surface area (Å²) in [5, 5.41) is 2.20. The molecule has 0 N–H and O–H groups in total. The summed E-state index contributed by atoms with van der Waals surface area (Å²) in [6.45, 7) is 4.58. The first-order valence-corrected chi connectivity index (χ1v) is 10.8. The minimum atomic E-state index is 1.21. The van der Waals surface area contributed by atoms with Gasteiger partial charge in [-0.3, -0.25) is 0 Å². The molecule has 126 valence electrons. The van der Waals surface area contributed by atoms with Gasteiger partial charge in [0.2, 0.25) is 0 Å². The van der Waals surface area contributed by atoms with Gasteiger partial charge in [-0.25, -0.2) is 0 Å². The van der Waals surface area contributed by atoms with E-state index in [1.54, 1.807) is 10.4 Å². The molecule has 0 amide bonds. The van der Waals surface area contributed by atoms with Crippen LogP contribution in [0.2, 0.25) is 0 Å². The Morgan fingerprint density at radius 3 is 2.25 bits per heavy atom. The summed E-state index contributed by atoms with van der Waals surface area (Å²) < 4.78 is 0. The maximum atomic E-state index is 2.29. The van der Waals surface area contributed by atoms with E-state index in [1.165, 1.54) is 59.4 Å². The van der Waals surface area contributed by atoms with E-state index in [9.17, 15) is 0 Å². The van der Waals surface area contributed by atoms with Crippen molar-refractivity contribution in [2.75, 3.05) is 0 Å². The lowest BCUT2D eigenvalue weighted by molar-refractivity contribution is 0.768. The molecule has 0 nitrogen and oxygen atoms in total. The van der Waals surface area contributed by atoms with Crippen LogP contribution in [0.15, 0.2) is 47.8 Å². The van der Waals surface area contributed by atoms with Crippen LogP contribution in [0.25, 0.3) is 20.9 Å². The molecule has 2 heterocycles. The van der Waals surface area contributed by atoms with Gasteiger partial charge in [0.25, 0.3) is 0 Å². The van der Waals surface area contributed by atoms with Gasteiger partial charge in [-0.1, -0.05) is 63.1 Å². The first-order chi connectivity index (χ1) is 11.8. The summed E-state index contributed by atoms with van der Waals surface area (Å²) >= 11 is 3.90. The van der Waals surface area contributed by atoms with Crippen molar-refractivity contribution in [3.8, 4) is 20.9 Å². The summed E-state index contributed by atoms with van der Waals surface area (Å²) in [6, 6.07) is 15.4. The van der Waals surface area contributed by atoms with Crippen LogP contribution in [-0.4, -0.2) is 0 Å². The highest BCUT2D eigenvalue weighted by Gasteiger charge is 2.20. The van der Waals surface area contributed by atoms with E-state index in [1.807, 2.05) is 22.7 Å². The zero-order valence-electron chi connectivity index (χ0n) is 14.7. The molecule has 0 spiro atoms. The molecule has 0 aliphatic heterocycles. The monoisotopic (exact) mass is 354 g/mol. The maximum absolute atomic E-state index is 2.29. The van der Waals surface area contributed by atoms with Crippen molar-refractivity contribution < 1.29 is 0 Å². The lowest BCUT2D eigenvalue weighted by Gasteiger charge is -2.09. The van der Waals surface area contributed by atoms with Gasteiger partial charge in [-0.15, -0.1) is 22.7 Å². The number of aryl methyl sites for hydroxylation is 1. The lowest BCUT2D eigenvalue weighted by atomic mass is 9.95. The van der Waals surface area contributed by atoms with E-state index < -0.39 is 0 Å². The highest BCUT2D eigenvalue weighted by molar-refractivity contribution is 7.22. The Morgan fingerprint density at radius 2 is 1.58 bits per heavy atom. The van der Waals surface area contributed by atoms with Gasteiger partial charge >= 0.3 is 0 Å². The third-order valence-corrected chi connectivity index (χ3v) is 6.78. The third kappa shape index (κ3) is 3.81. The van der Waals surface area contributed by atoms with Crippen molar-refractivity contribution in [1.29, 1.82) is 0 Å². The predicted molar refractivity (Wildman–Crippen MR) is 110 cm³/mol. The molecule has 0 saturated heterocycles. The largest absolute Gasteiger partial charge is 0.143 e. The van der Waals surface area contributed by atoms with Crippen LogP contribution in [0.3, 0.4) is 0 Å². The predicted octanol–water partition coefficient (Wildman–Crippen LogP) is 7.83. The van der Waals surface area contributed by atoms with Crippen LogP contribution < -0.4 is 0 Å². The summed E-state index contributed by atoms with van der Waals surface area (Å²) in [7, 11) is 0. The first-order valence-electron chi connectivity index (χ1n) is 9.09. The fraction of sp³-hybridized carbons (Fsp3) is 0.364. The highest BCUT2D eigenvalue weighted by Crippen LogP contribution is 2.45. The molecule has 3 rings (SSSR count). The van der Waals surface area contributed by atoms with Gasteiger partial charge in [-0.05, 0) is 48.3 Å². The number of rotatable bonds is 8. The molecule has 3 aromatic rings. The van der Waals surface area contributed by atoms with Crippen LogP contribution in [0.4, 0.5) is 0 Å². The molecule has 2 heteroatoms. The van der Waals surface area contributed by atoms with Crippen LogP contribution in [0.1, 0.15) is 50.0 Å². The van der Waals surface area contributed by atoms with Gasteiger partial charge in [0.05, 0.1) is 4.88 Å². The summed E-state index contributed by atoms with van der Waals surface area (Å²) in [6.07, 6.45) is 7.52. The Hall–Kier alpha value is -1.38. The lowest BCUT2D eigenvalue weighted by Crippen LogP contribution is -1.93. The molecule has 0 radical (unpaired) electrons. The molecular formula is C22H26S2. The number of unbranched alkanes of at least 4 members (excludes halogenated alkanes) is 2. The van der Waals surface area contributed by atoms with Gasteiger partial charge in [0, 0.05) is 15.3 Å². The second kappa shape index (κ2) is 8.64. The minimum Gasteiger partial charge on any atom is -0.143 e. The molecule has 0 saturated carbocycles. The molecule has 2 aromatic heterocycles. The molecule has 0 unspecified atom stereocenters. The van der Waals surface area contributed by atoms with Crippen LogP contribution in [-0.2, 0) is 12.8 Å². The fourth-order valence-electron chi connectivity index (χ4n) is 3.16. The number of hydrogen-bond acceptors (Lipinski definition) is 2. The van der Waals surface area contributed by atoms with Crippen LogP contribution in [0, 0.1) is 0 Å². The van der Waals surface area contributed by atoms with E-state index >= 15 is 0 Å². The number of thiophene rings is 2. The molecule has 0 fully saturated rings. The van der Waals surface area contributed by atoms with Gasteiger partial charge in [0.15, 0.2) is 0 Å². The normalized spacial score (nSPS) is 11.1. The smallest absolute Gasteiger partial charge is 0.0526 e. The molecule has 0 atom stereocenters. The van der Waals surface area contributed by atoms with E-state index in [0.29, 0.717) is 0 Å². The summed E-state index contributed by atoms with van der Waals surface area (Å²) in [5.74, 6) is 0. The average molecular weight is 355 g/mol. The Kier molecular flexibility index (Phi) is 6.28. The van der Waals surface area contributed by atoms with Gasteiger partial charge < -0.3 is 0 Å².